The van der Waals surface area contributed by atoms with Gasteiger partial charge >= 0.3 is 5.97 Å². The molecule has 174 valence electrons. The number of fused-ring (bicyclic) bond motifs is 1. The number of benzene rings is 3. The lowest BCUT2D eigenvalue weighted by molar-refractivity contribution is -0.383. The van der Waals surface area contributed by atoms with Crippen LogP contribution in [0.15, 0.2) is 66.7 Å². The quantitative estimate of drug-likeness (QED) is 0.292. The zero-order valence-electron chi connectivity index (χ0n) is 18.1. The number of para-hydroxylation sites is 1. The van der Waals surface area contributed by atoms with Crippen LogP contribution < -0.4 is 20.1 Å². The van der Waals surface area contributed by atoms with Crippen LogP contribution in [0.25, 0.3) is 0 Å². The number of nitrogens with one attached hydrogen (secondary N) is 2. The van der Waals surface area contributed by atoms with Gasteiger partial charge < -0.3 is 24.8 Å². The summed E-state index contributed by atoms with van der Waals surface area (Å²) in [5.74, 6) is -0.127. The fraction of sp³-hybridized carbons (Fsp3) is 0.167. The second-order valence-corrected chi connectivity index (χ2v) is 7.43. The molecule has 1 aliphatic heterocycles. The molecule has 4 rings (SSSR count). The Labute approximate surface area is 194 Å². The van der Waals surface area contributed by atoms with Gasteiger partial charge in [0.25, 0.3) is 11.6 Å². The molecule has 1 aliphatic rings. The minimum atomic E-state index is -1.11. The summed E-state index contributed by atoms with van der Waals surface area (Å²) in [6, 6.07) is 18.2. The van der Waals surface area contributed by atoms with Crippen LogP contribution in [0.4, 0.5) is 17.1 Å². The van der Waals surface area contributed by atoms with Gasteiger partial charge in [-0.1, -0.05) is 24.3 Å². The van der Waals surface area contributed by atoms with E-state index in [-0.39, 0.29) is 30.3 Å². The highest BCUT2D eigenvalue weighted by Gasteiger charge is 2.23. The molecule has 0 aliphatic carbocycles. The lowest BCUT2D eigenvalue weighted by Crippen LogP contribution is -2.35. The van der Waals surface area contributed by atoms with E-state index in [0.717, 1.165) is 11.6 Å². The molecule has 10 heteroatoms. The molecular formula is C24H21N3O7. The van der Waals surface area contributed by atoms with Crippen molar-refractivity contribution in [3.63, 3.8) is 0 Å². The Morgan fingerprint density at radius 1 is 1.06 bits per heavy atom. The first-order valence-electron chi connectivity index (χ1n) is 10.4. The van der Waals surface area contributed by atoms with E-state index < -0.39 is 22.9 Å². The second kappa shape index (κ2) is 9.90. The monoisotopic (exact) mass is 463 g/mol. The number of anilines is 2. The molecule has 3 aromatic rings. The summed E-state index contributed by atoms with van der Waals surface area (Å²) in [7, 11) is 0. The average molecular weight is 463 g/mol. The minimum Gasteiger partial charge on any atom is -0.454 e. The van der Waals surface area contributed by atoms with Crippen LogP contribution in [0.1, 0.15) is 22.8 Å². The number of ether oxygens (including phenoxy) is 3. The number of esters is 1. The molecule has 0 radical (unpaired) electrons. The molecule has 1 unspecified atom stereocenters. The van der Waals surface area contributed by atoms with E-state index in [9.17, 15) is 19.7 Å². The number of hydrogen-bond acceptors (Lipinski definition) is 8. The zero-order valence-corrected chi connectivity index (χ0v) is 18.1. The number of nitro benzene ring substituents is 1. The maximum atomic E-state index is 12.5. The highest BCUT2D eigenvalue weighted by Crippen LogP contribution is 2.32. The molecule has 0 aromatic heterocycles. The van der Waals surface area contributed by atoms with Gasteiger partial charge in [-0.3, -0.25) is 14.9 Å². The molecule has 1 amide bonds. The van der Waals surface area contributed by atoms with Crippen molar-refractivity contribution in [3.8, 4) is 11.5 Å². The van der Waals surface area contributed by atoms with Crippen molar-refractivity contribution >= 4 is 28.9 Å². The predicted molar refractivity (Wildman–Crippen MR) is 122 cm³/mol. The van der Waals surface area contributed by atoms with Gasteiger partial charge in [-0.2, -0.15) is 0 Å². The molecule has 1 atom stereocenters. The van der Waals surface area contributed by atoms with Gasteiger partial charge in [0.2, 0.25) is 6.79 Å². The van der Waals surface area contributed by atoms with Gasteiger partial charge in [0.15, 0.2) is 17.6 Å². The minimum absolute atomic E-state index is 0.0410. The van der Waals surface area contributed by atoms with Gasteiger partial charge in [-0.25, -0.2) is 4.79 Å². The van der Waals surface area contributed by atoms with Gasteiger partial charge in [-0.15, -0.1) is 0 Å². The Kier molecular flexibility index (Phi) is 6.58. The lowest BCUT2D eigenvalue weighted by Gasteiger charge is -2.14. The molecule has 0 saturated heterocycles. The fourth-order valence-electron chi connectivity index (χ4n) is 3.26. The Morgan fingerprint density at radius 3 is 2.59 bits per heavy atom. The number of rotatable bonds is 8. The van der Waals surface area contributed by atoms with Crippen LogP contribution >= 0.6 is 0 Å². The van der Waals surface area contributed by atoms with Crippen molar-refractivity contribution in [2.24, 2.45) is 0 Å². The van der Waals surface area contributed by atoms with Crippen molar-refractivity contribution in [2.45, 2.75) is 19.6 Å². The molecular weight excluding hydrogens is 442 g/mol. The Hall–Kier alpha value is -4.60. The number of nitrogens with zero attached hydrogens (tertiary/aromatic N) is 1. The molecule has 2 N–H and O–H groups in total. The molecule has 10 nitrogen and oxygen atoms in total. The zero-order chi connectivity index (χ0) is 24.1. The molecule has 0 bridgehead atoms. The van der Waals surface area contributed by atoms with E-state index in [1.807, 2.05) is 6.07 Å². The highest BCUT2D eigenvalue weighted by molar-refractivity contribution is 5.94. The summed E-state index contributed by atoms with van der Waals surface area (Å²) < 4.78 is 15.8. The Morgan fingerprint density at radius 2 is 1.82 bits per heavy atom. The summed E-state index contributed by atoms with van der Waals surface area (Å²) in [5.41, 5.74) is 1.34. The van der Waals surface area contributed by atoms with Crippen LogP contribution in [0, 0.1) is 10.1 Å². The maximum Gasteiger partial charge on any atom is 0.339 e. The Balaban J connectivity index is 1.37. The van der Waals surface area contributed by atoms with Crippen LogP contribution in [0.5, 0.6) is 11.5 Å². The van der Waals surface area contributed by atoms with Gasteiger partial charge in [0.05, 0.1) is 10.5 Å². The maximum absolute atomic E-state index is 12.5. The first-order chi connectivity index (χ1) is 16.4. The van der Waals surface area contributed by atoms with E-state index in [1.165, 1.54) is 19.1 Å². The average Bonchev–Trinajstić information content (AvgIpc) is 3.31. The standard InChI is InChI=1S/C24H21N3O7/c1-15(23(28)25-13-16-7-10-21-22(11-16)33-14-32-21)34-24(29)17-8-9-19(20(12-17)27(30)31)26-18-5-3-2-4-6-18/h2-12,15,26H,13-14H2,1H3,(H,25,28). The van der Waals surface area contributed by atoms with Crippen molar-refractivity contribution in [1.82, 2.24) is 5.32 Å². The lowest BCUT2D eigenvalue weighted by atomic mass is 10.1. The van der Waals surface area contributed by atoms with Crippen molar-refractivity contribution in [1.29, 1.82) is 0 Å². The number of hydrogen-bond donors (Lipinski definition) is 2. The van der Waals surface area contributed by atoms with Crippen LogP contribution in [0.3, 0.4) is 0 Å². The van der Waals surface area contributed by atoms with E-state index in [1.54, 1.807) is 42.5 Å². The Bertz CT molecular complexity index is 1230. The van der Waals surface area contributed by atoms with Crippen molar-refractivity contribution < 1.29 is 28.7 Å². The third-order valence-electron chi connectivity index (χ3n) is 5.04. The highest BCUT2D eigenvalue weighted by atomic mass is 16.7. The van der Waals surface area contributed by atoms with Crippen LogP contribution in [-0.2, 0) is 16.1 Å². The third kappa shape index (κ3) is 5.23. The summed E-state index contributed by atoms with van der Waals surface area (Å²) in [5, 5.41) is 17.2. The van der Waals surface area contributed by atoms with Crippen molar-refractivity contribution in [2.75, 3.05) is 12.1 Å². The first kappa shape index (κ1) is 22.6. The first-order valence-corrected chi connectivity index (χ1v) is 10.4. The number of carbonyl (C=O) groups excluding carboxylic acids is 2. The molecule has 34 heavy (non-hydrogen) atoms. The van der Waals surface area contributed by atoms with Gasteiger partial charge in [0, 0.05) is 18.3 Å². The fourth-order valence-corrected chi connectivity index (χ4v) is 3.26. The summed E-state index contributed by atoms with van der Waals surface area (Å²) in [6.07, 6.45) is -1.11. The third-order valence-corrected chi connectivity index (χ3v) is 5.04. The van der Waals surface area contributed by atoms with Gasteiger partial charge in [0.1, 0.15) is 5.69 Å². The normalized spacial score (nSPS) is 12.5. The SMILES string of the molecule is CC(OC(=O)c1ccc(Nc2ccccc2)c([N+](=O)[O-])c1)C(=O)NCc1ccc2c(c1)OCO2. The predicted octanol–water partition coefficient (Wildman–Crippen LogP) is 3.93. The molecule has 1 heterocycles. The van der Waals surface area contributed by atoms with Crippen molar-refractivity contribution in [3.05, 3.63) is 88.0 Å². The van der Waals surface area contributed by atoms with E-state index in [4.69, 9.17) is 14.2 Å². The van der Waals surface area contributed by atoms with Crippen LogP contribution in [0.2, 0.25) is 0 Å². The molecule has 0 fully saturated rings. The number of amides is 1. The molecule has 0 spiro atoms. The van der Waals surface area contributed by atoms with E-state index >= 15 is 0 Å². The van der Waals surface area contributed by atoms with E-state index in [2.05, 4.69) is 10.6 Å². The second-order valence-electron chi connectivity index (χ2n) is 7.43. The summed E-state index contributed by atoms with van der Waals surface area (Å²) in [6.45, 7) is 1.77. The summed E-state index contributed by atoms with van der Waals surface area (Å²) >= 11 is 0. The number of nitro groups is 1. The van der Waals surface area contributed by atoms with E-state index in [0.29, 0.717) is 17.2 Å². The van der Waals surface area contributed by atoms with Crippen LogP contribution in [-0.4, -0.2) is 29.7 Å². The van der Waals surface area contributed by atoms with Gasteiger partial charge in [-0.05, 0) is 48.9 Å². The number of carbonyl (C=O) groups is 2. The smallest absolute Gasteiger partial charge is 0.339 e. The summed E-state index contributed by atoms with van der Waals surface area (Å²) in [4.78, 5) is 35.9. The topological polar surface area (TPSA) is 129 Å². The molecule has 0 saturated carbocycles. The largest absolute Gasteiger partial charge is 0.454 e. The molecule has 3 aromatic carbocycles.